The Morgan fingerprint density at radius 1 is 1.03 bits per heavy atom. The molecule has 1 amide bonds. The van der Waals surface area contributed by atoms with Crippen LogP contribution in [0.5, 0.6) is 11.5 Å². The topological polar surface area (TPSA) is 80.5 Å². The first-order valence-corrected chi connectivity index (χ1v) is 9.68. The number of nitrogens with zero attached hydrogens (tertiary/aromatic N) is 3. The Kier molecular flexibility index (Phi) is 5.40. The van der Waals surface area contributed by atoms with Gasteiger partial charge in [-0.05, 0) is 50.3 Å². The third kappa shape index (κ3) is 4.28. The lowest BCUT2D eigenvalue weighted by Crippen LogP contribution is -2.34. The minimum Gasteiger partial charge on any atom is -0.457 e. The normalized spacial score (nSPS) is 10.6. The lowest BCUT2D eigenvalue weighted by Gasteiger charge is -2.12. The number of ether oxygens (including phenoxy) is 1. The number of anilines is 1. The number of aromatic nitrogens is 3. The number of thiocarbonyl (C=S) groups is 1. The van der Waals surface area contributed by atoms with Gasteiger partial charge in [0, 0.05) is 24.0 Å². The zero-order chi connectivity index (χ0) is 21.1. The lowest BCUT2D eigenvalue weighted by molar-refractivity contribution is 0.0976. The summed E-state index contributed by atoms with van der Waals surface area (Å²) in [6.45, 7) is 3.69. The van der Waals surface area contributed by atoms with Gasteiger partial charge in [-0.25, -0.2) is 9.50 Å². The van der Waals surface area contributed by atoms with E-state index in [9.17, 15) is 4.79 Å². The molecule has 2 aromatic carbocycles. The summed E-state index contributed by atoms with van der Waals surface area (Å²) in [5, 5.41) is 10.2. The minimum atomic E-state index is -0.357. The second-order valence-corrected chi connectivity index (χ2v) is 7.07. The number of benzene rings is 2. The van der Waals surface area contributed by atoms with Gasteiger partial charge >= 0.3 is 0 Å². The highest BCUT2D eigenvalue weighted by atomic mass is 32.1. The van der Waals surface area contributed by atoms with Crippen molar-refractivity contribution in [2.45, 2.75) is 13.8 Å². The number of rotatable bonds is 4. The number of hydrogen-bond acceptors (Lipinski definition) is 5. The van der Waals surface area contributed by atoms with Crippen LogP contribution in [0.25, 0.3) is 5.65 Å². The zero-order valence-electron chi connectivity index (χ0n) is 16.4. The molecule has 2 N–H and O–H groups in total. The van der Waals surface area contributed by atoms with Gasteiger partial charge in [-0.15, -0.1) is 0 Å². The molecule has 4 aromatic rings. The van der Waals surface area contributed by atoms with Crippen LogP contribution in [0.2, 0.25) is 0 Å². The Bertz CT molecular complexity index is 1240. The van der Waals surface area contributed by atoms with E-state index in [0.29, 0.717) is 28.3 Å². The van der Waals surface area contributed by atoms with Crippen molar-refractivity contribution in [1.82, 2.24) is 19.9 Å². The number of fused-ring (bicyclic) bond motifs is 1. The summed E-state index contributed by atoms with van der Waals surface area (Å²) in [6.07, 6.45) is 1.53. The highest BCUT2D eigenvalue weighted by Gasteiger charge is 2.15. The van der Waals surface area contributed by atoms with Crippen LogP contribution >= 0.6 is 12.2 Å². The van der Waals surface area contributed by atoms with E-state index >= 15 is 0 Å². The van der Waals surface area contributed by atoms with Crippen LogP contribution in [0, 0.1) is 13.8 Å². The van der Waals surface area contributed by atoms with Crippen molar-refractivity contribution in [3.05, 3.63) is 83.8 Å². The van der Waals surface area contributed by atoms with E-state index in [-0.39, 0.29) is 11.0 Å². The van der Waals surface area contributed by atoms with E-state index in [1.165, 1.54) is 6.20 Å². The standard InChI is InChI=1S/C22H19N5O2S/c1-14-11-20-23-13-19(15(2)27(20)26-14)21(28)25-22(30)24-16-7-6-10-18(12-16)29-17-8-4-3-5-9-17/h3-13H,1-2H3,(H2,24,25,28,30). The molecular weight excluding hydrogens is 398 g/mol. The minimum absolute atomic E-state index is 0.174. The molecule has 30 heavy (non-hydrogen) atoms. The zero-order valence-corrected chi connectivity index (χ0v) is 17.2. The Labute approximate surface area is 178 Å². The number of hydrogen-bond donors (Lipinski definition) is 2. The van der Waals surface area contributed by atoms with Gasteiger partial charge in [0.25, 0.3) is 5.91 Å². The Balaban J connectivity index is 1.44. The van der Waals surface area contributed by atoms with Crippen molar-refractivity contribution in [3.8, 4) is 11.5 Å². The molecule has 0 aliphatic heterocycles. The monoisotopic (exact) mass is 417 g/mol. The second-order valence-electron chi connectivity index (χ2n) is 6.66. The molecule has 0 saturated carbocycles. The molecule has 0 spiro atoms. The van der Waals surface area contributed by atoms with Crippen molar-refractivity contribution >= 4 is 34.6 Å². The number of aryl methyl sites for hydroxylation is 2. The van der Waals surface area contributed by atoms with E-state index < -0.39 is 0 Å². The Morgan fingerprint density at radius 2 is 1.80 bits per heavy atom. The predicted molar refractivity (Wildman–Crippen MR) is 119 cm³/mol. The fraction of sp³-hybridized carbons (Fsp3) is 0.0909. The third-order valence-corrected chi connectivity index (χ3v) is 4.59. The van der Waals surface area contributed by atoms with Crippen molar-refractivity contribution in [2.75, 3.05) is 5.32 Å². The average Bonchev–Trinajstić information content (AvgIpc) is 3.10. The number of carbonyl (C=O) groups is 1. The second kappa shape index (κ2) is 8.30. The molecule has 0 atom stereocenters. The van der Waals surface area contributed by atoms with Crippen molar-refractivity contribution in [3.63, 3.8) is 0 Å². The smallest absolute Gasteiger partial charge is 0.260 e. The van der Waals surface area contributed by atoms with Crippen LogP contribution < -0.4 is 15.4 Å². The SMILES string of the molecule is Cc1cc2ncc(C(=O)NC(=S)Nc3cccc(Oc4ccccc4)c3)c(C)n2n1. The first-order valence-electron chi connectivity index (χ1n) is 9.27. The molecule has 0 unspecified atom stereocenters. The molecule has 7 nitrogen and oxygen atoms in total. The van der Waals surface area contributed by atoms with Crippen LogP contribution in [0.15, 0.2) is 66.9 Å². The van der Waals surface area contributed by atoms with E-state index in [1.54, 1.807) is 10.6 Å². The summed E-state index contributed by atoms with van der Waals surface area (Å²) in [4.78, 5) is 17.0. The summed E-state index contributed by atoms with van der Waals surface area (Å²) in [6, 6.07) is 18.7. The largest absolute Gasteiger partial charge is 0.457 e. The molecule has 0 aliphatic carbocycles. The summed E-state index contributed by atoms with van der Waals surface area (Å²) in [5.41, 5.74) is 3.31. The molecule has 0 aliphatic rings. The Hall–Kier alpha value is -3.78. The molecule has 150 valence electrons. The highest BCUT2D eigenvalue weighted by Crippen LogP contribution is 2.23. The number of amides is 1. The first kappa shape index (κ1) is 19.5. The first-order chi connectivity index (χ1) is 14.5. The molecule has 2 heterocycles. The van der Waals surface area contributed by atoms with Crippen LogP contribution in [0.3, 0.4) is 0 Å². The van der Waals surface area contributed by atoms with Crippen molar-refractivity contribution in [1.29, 1.82) is 0 Å². The molecule has 4 rings (SSSR count). The molecule has 8 heteroatoms. The third-order valence-electron chi connectivity index (χ3n) is 4.39. The van der Waals surface area contributed by atoms with E-state index in [0.717, 1.165) is 11.4 Å². The number of carbonyl (C=O) groups excluding carboxylic acids is 1. The lowest BCUT2D eigenvalue weighted by atomic mass is 10.2. The fourth-order valence-corrected chi connectivity index (χ4v) is 3.19. The average molecular weight is 417 g/mol. The Morgan fingerprint density at radius 3 is 2.60 bits per heavy atom. The van der Waals surface area contributed by atoms with Crippen LogP contribution in [-0.2, 0) is 0 Å². The van der Waals surface area contributed by atoms with Crippen molar-refractivity contribution < 1.29 is 9.53 Å². The van der Waals surface area contributed by atoms with Gasteiger partial charge < -0.3 is 10.1 Å². The van der Waals surface area contributed by atoms with Gasteiger partial charge in [-0.2, -0.15) is 5.10 Å². The molecule has 0 bridgehead atoms. The molecule has 0 fully saturated rings. The number of nitrogens with one attached hydrogen (secondary N) is 2. The van der Waals surface area contributed by atoms with E-state index in [4.69, 9.17) is 17.0 Å². The summed E-state index contributed by atoms with van der Waals surface area (Å²) < 4.78 is 7.46. The van der Waals surface area contributed by atoms with E-state index in [2.05, 4.69) is 20.7 Å². The highest BCUT2D eigenvalue weighted by molar-refractivity contribution is 7.80. The molecule has 2 aromatic heterocycles. The van der Waals surface area contributed by atoms with Gasteiger partial charge in [0.1, 0.15) is 11.5 Å². The summed E-state index contributed by atoms with van der Waals surface area (Å²) >= 11 is 5.30. The molecule has 0 radical (unpaired) electrons. The van der Waals surface area contributed by atoms with Crippen LogP contribution in [0.4, 0.5) is 5.69 Å². The van der Waals surface area contributed by atoms with Gasteiger partial charge in [-0.1, -0.05) is 24.3 Å². The van der Waals surface area contributed by atoms with Crippen LogP contribution in [0.1, 0.15) is 21.7 Å². The van der Waals surface area contributed by atoms with E-state index in [1.807, 2.05) is 68.4 Å². The number of para-hydroxylation sites is 1. The predicted octanol–water partition coefficient (Wildman–Crippen LogP) is 4.27. The fourth-order valence-electron chi connectivity index (χ4n) is 2.98. The quantitative estimate of drug-likeness (QED) is 0.483. The van der Waals surface area contributed by atoms with Gasteiger partial charge in [0.05, 0.1) is 17.0 Å². The van der Waals surface area contributed by atoms with Gasteiger partial charge in [0.15, 0.2) is 10.8 Å². The molecular formula is C22H19N5O2S. The molecule has 0 saturated heterocycles. The summed E-state index contributed by atoms with van der Waals surface area (Å²) in [5.74, 6) is 1.03. The van der Waals surface area contributed by atoms with Gasteiger partial charge in [0.2, 0.25) is 0 Å². The van der Waals surface area contributed by atoms with Crippen LogP contribution in [-0.4, -0.2) is 25.6 Å². The maximum atomic E-state index is 12.7. The summed E-state index contributed by atoms with van der Waals surface area (Å²) in [7, 11) is 0. The van der Waals surface area contributed by atoms with Crippen molar-refractivity contribution in [2.24, 2.45) is 0 Å². The van der Waals surface area contributed by atoms with Gasteiger partial charge in [-0.3, -0.25) is 10.1 Å². The maximum absolute atomic E-state index is 12.7. The maximum Gasteiger partial charge on any atom is 0.260 e.